The van der Waals surface area contributed by atoms with Crippen LogP contribution in [-0.2, 0) is 18.3 Å². The van der Waals surface area contributed by atoms with Gasteiger partial charge in [-0.1, -0.05) is 0 Å². The number of fused-ring (bicyclic) bond motifs is 1. The van der Waals surface area contributed by atoms with E-state index in [1.807, 2.05) is 0 Å². The normalized spacial score (nSPS) is 12.1. The molecule has 3 aromatic rings. The molecule has 2 aromatic heterocycles. The number of H-pyrrole nitrogens is 1. The number of nitrogens with one attached hydrogen (secondary N) is 2. The Morgan fingerprint density at radius 1 is 1.19 bits per heavy atom. The molecule has 11 nitrogen and oxygen atoms in total. The second-order valence-electron chi connectivity index (χ2n) is 6.95. The highest BCUT2D eigenvalue weighted by molar-refractivity contribution is 5.74. The van der Waals surface area contributed by atoms with Crippen LogP contribution in [0, 0.1) is 0 Å². The SMILES string of the molecule is COCCCNc1nc2c(c(=O)[nH]c(=O)n2C)n1CC(O)COc1ccc(OC)cc1. The van der Waals surface area contributed by atoms with Crippen molar-refractivity contribution >= 4 is 17.1 Å². The van der Waals surface area contributed by atoms with E-state index >= 15 is 0 Å². The number of imidazole rings is 1. The number of aliphatic hydroxyl groups is 1. The van der Waals surface area contributed by atoms with Gasteiger partial charge in [0.25, 0.3) is 5.56 Å². The average molecular weight is 433 g/mol. The van der Waals surface area contributed by atoms with Gasteiger partial charge in [-0.15, -0.1) is 0 Å². The van der Waals surface area contributed by atoms with Crippen LogP contribution >= 0.6 is 0 Å². The Bertz CT molecular complexity index is 1120. The van der Waals surface area contributed by atoms with Gasteiger partial charge in [0.15, 0.2) is 11.2 Å². The number of hydrogen-bond acceptors (Lipinski definition) is 8. The molecule has 31 heavy (non-hydrogen) atoms. The number of aromatic amines is 1. The zero-order valence-electron chi connectivity index (χ0n) is 17.8. The van der Waals surface area contributed by atoms with E-state index in [1.165, 1.54) is 11.6 Å². The number of benzene rings is 1. The third-order valence-corrected chi connectivity index (χ3v) is 4.71. The van der Waals surface area contributed by atoms with Crippen LogP contribution in [0.5, 0.6) is 11.5 Å². The average Bonchev–Trinajstić information content (AvgIpc) is 3.12. The van der Waals surface area contributed by atoms with Gasteiger partial charge in [0.1, 0.15) is 24.2 Å². The molecular weight excluding hydrogens is 406 g/mol. The third kappa shape index (κ3) is 5.25. The van der Waals surface area contributed by atoms with E-state index in [1.54, 1.807) is 43.1 Å². The fourth-order valence-corrected chi connectivity index (χ4v) is 3.09. The molecular formula is C20H27N5O6. The molecule has 168 valence electrons. The van der Waals surface area contributed by atoms with Gasteiger partial charge in [0, 0.05) is 27.3 Å². The molecule has 2 heterocycles. The van der Waals surface area contributed by atoms with Crippen LogP contribution in [0.3, 0.4) is 0 Å². The lowest BCUT2D eigenvalue weighted by Crippen LogP contribution is -2.31. The maximum atomic E-state index is 12.5. The molecule has 0 bridgehead atoms. The quantitative estimate of drug-likeness (QED) is 0.368. The number of aliphatic hydroxyl groups excluding tert-OH is 1. The second kappa shape index (κ2) is 10.1. The lowest BCUT2D eigenvalue weighted by molar-refractivity contribution is 0.0938. The Morgan fingerprint density at radius 3 is 2.58 bits per heavy atom. The number of aromatic nitrogens is 4. The highest BCUT2D eigenvalue weighted by atomic mass is 16.5. The molecule has 0 aliphatic carbocycles. The lowest BCUT2D eigenvalue weighted by Gasteiger charge is -2.16. The monoisotopic (exact) mass is 433 g/mol. The predicted octanol–water partition coefficient (Wildman–Crippen LogP) is 0.320. The predicted molar refractivity (Wildman–Crippen MR) is 115 cm³/mol. The highest BCUT2D eigenvalue weighted by Gasteiger charge is 2.19. The van der Waals surface area contributed by atoms with Gasteiger partial charge in [-0.25, -0.2) is 4.79 Å². The zero-order chi connectivity index (χ0) is 22.4. The summed E-state index contributed by atoms with van der Waals surface area (Å²) in [6.45, 7) is 1.14. The molecule has 1 atom stereocenters. The number of rotatable bonds is 11. The van der Waals surface area contributed by atoms with Crippen molar-refractivity contribution in [3.05, 3.63) is 45.1 Å². The van der Waals surface area contributed by atoms with E-state index in [4.69, 9.17) is 14.2 Å². The highest BCUT2D eigenvalue weighted by Crippen LogP contribution is 2.19. The molecule has 0 saturated heterocycles. The van der Waals surface area contributed by atoms with Crippen molar-refractivity contribution < 1.29 is 19.3 Å². The first-order chi connectivity index (χ1) is 14.9. The van der Waals surface area contributed by atoms with Crippen LogP contribution in [0.25, 0.3) is 11.2 Å². The van der Waals surface area contributed by atoms with Crippen LogP contribution in [0.2, 0.25) is 0 Å². The number of ether oxygens (including phenoxy) is 3. The molecule has 0 saturated carbocycles. The summed E-state index contributed by atoms with van der Waals surface area (Å²) >= 11 is 0. The van der Waals surface area contributed by atoms with Crippen molar-refractivity contribution in [2.45, 2.75) is 19.1 Å². The van der Waals surface area contributed by atoms with E-state index in [0.29, 0.717) is 30.6 Å². The molecule has 3 rings (SSSR count). The Hall–Kier alpha value is -3.31. The first kappa shape index (κ1) is 22.4. The van der Waals surface area contributed by atoms with Crippen LogP contribution in [0.4, 0.5) is 5.95 Å². The first-order valence-electron chi connectivity index (χ1n) is 9.82. The Morgan fingerprint density at radius 2 is 1.90 bits per heavy atom. The van der Waals surface area contributed by atoms with E-state index in [2.05, 4.69) is 15.3 Å². The van der Waals surface area contributed by atoms with Crippen molar-refractivity contribution in [1.29, 1.82) is 0 Å². The summed E-state index contributed by atoms with van der Waals surface area (Å²) in [5.41, 5.74) is -0.707. The van der Waals surface area contributed by atoms with Crippen molar-refractivity contribution in [3.63, 3.8) is 0 Å². The lowest BCUT2D eigenvalue weighted by atomic mass is 10.3. The molecule has 1 unspecified atom stereocenters. The van der Waals surface area contributed by atoms with Gasteiger partial charge < -0.3 is 29.2 Å². The maximum Gasteiger partial charge on any atom is 0.329 e. The molecule has 11 heteroatoms. The summed E-state index contributed by atoms with van der Waals surface area (Å²) in [4.78, 5) is 31.1. The van der Waals surface area contributed by atoms with Gasteiger partial charge in [-0.05, 0) is 30.7 Å². The van der Waals surface area contributed by atoms with Crippen molar-refractivity contribution in [1.82, 2.24) is 19.1 Å². The van der Waals surface area contributed by atoms with Gasteiger partial charge in [-0.2, -0.15) is 4.98 Å². The molecule has 3 N–H and O–H groups in total. The molecule has 0 spiro atoms. The Balaban J connectivity index is 1.81. The molecule has 0 amide bonds. The molecule has 0 radical (unpaired) electrons. The number of aryl methyl sites for hydroxylation is 1. The van der Waals surface area contributed by atoms with Gasteiger partial charge >= 0.3 is 5.69 Å². The van der Waals surface area contributed by atoms with Crippen molar-refractivity contribution in [3.8, 4) is 11.5 Å². The Kier molecular flexibility index (Phi) is 7.32. The second-order valence-corrected chi connectivity index (χ2v) is 6.95. The standard InChI is InChI=1S/C20H27N5O6/c1-24-17-16(18(27)23-20(24)28)25(19(22-17)21-9-4-10-29-2)11-13(26)12-31-15-7-5-14(30-3)6-8-15/h5-8,13,26H,4,9-12H2,1-3H3,(H,21,22)(H,23,27,28). The third-order valence-electron chi connectivity index (χ3n) is 4.71. The van der Waals surface area contributed by atoms with Gasteiger partial charge in [0.2, 0.25) is 5.95 Å². The number of nitrogens with zero attached hydrogens (tertiary/aromatic N) is 3. The van der Waals surface area contributed by atoms with Crippen LogP contribution in [-0.4, -0.2) is 64.3 Å². The van der Waals surface area contributed by atoms with Crippen LogP contribution in [0.1, 0.15) is 6.42 Å². The smallest absolute Gasteiger partial charge is 0.329 e. The maximum absolute atomic E-state index is 12.5. The molecule has 0 aliphatic heterocycles. The number of methoxy groups -OCH3 is 2. The summed E-state index contributed by atoms with van der Waals surface area (Å²) in [5, 5.41) is 13.7. The number of hydrogen-bond donors (Lipinski definition) is 3. The van der Waals surface area contributed by atoms with Crippen molar-refractivity contribution in [2.24, 2.45) is 7.05 Å². The fourth-order valence-electron chi connectivity index (χ4n) is 3.09. The zero-order valence-corrected chi connectivity index (χ0v) is 17.8. The summed E-state index contributed by atoms with van der Waals surface area (Å²) in [5.74, 6) is 1.65. The first-order valence-corrected chi connectivity index (χ1v) is 9.82. The van der Waals surface area contributed by atoms with Gasteiger partial charge in [-0.3, -0.25) is 14.3 Å². The minimum absolute atomic E-state index is 0.00120. The molecule has 0 fully saturated rings. The largest absolute Gasteiger partial charge is 0.497 e. The summed E-state index contributed by atoms with van der Waals surface area (Å²) in [6.07, 6.45) is -0.214. The van der Waals surface area contributed by atoms with E-state index in [9.17, 15) is 14.7 Å². The Labute approximate surface area is 178 Å². The molecule has 1 aromatic carbocycles. The fraction of sp³-hybridized carbons (Fsp3) is 0.450. The minimum atomic E-state index is -0.935. The minimum Gasteiger partial charge on any atom is -0.497 e. The van der Waals surface area contributed by atoms with Crippen molar-refractivity contribution in [2.75, 3.05) is 39.3 Å². The van der Waals surface area contributed by atoms with Crippen LogP contribution < -0.4 is 26.0 Å². The van der Waals surface area contributed by atoms with Crippen LogP contribution in [0.15, 0.2) is 33.9 Å². The van der Waals surface area contributed by atoms with E-state index in [0.717, 1.165) is 6.42 Å². The topological polar surface area (TPSA) is 133 Å². The van der Waals surface area contributed by atoms with E-state index < -0.39 is 17.4 Å². The number of anilines is 1. The molecule has 0 aliphatic rings. The summed E-state index contributed by atoms with van der Waals surface area (Å²) in [7, 11) is 4.72. The van der Waals surface area contributed by atoms with Gasteiger partial charge in [0.05, 0.1) is 13.7 Å². The van der Waals surface area contributed by atoms with E-state index in [-0.39, 0.29) is 24.3 Å². The summed E-state index contributed by atoms with van der Waals surface area (Å²) < 4.78 is 18.6. The summed E-state index contributed by atoms with van der Waals surface area (Å²) in [6, 6.07) is 6.99.